The molecule has 0 spiro atoms. The van der Waals surface area contributed by atoms with Crippen molar-refractivity contribution in [1.82, 2.24) is 14.7 Å². The summed E-state index contributed by atoms with van der Waals surface area (Å²) in [4.78, 5) is 15.3. The highest BCUT2D eigenvalue weighted by molar-refractivity contribution is 7.99. The molecule has 3 heterocycles. The molecule has 4 rings (SSSR count). The first-order valence-electron chi connectivity index (χ1n) is 8.48. The molecule has 2 fully saturated rings. The van der Waals surface area contributed by atoms with Crippen LogP contribution in [0.15, 0.2) is 18.2 Å². The van der Waals surface area contributed by atoms with E-state index in [0.29, 0.717) is 17.3 Å². The molecular formula is C18H23N3O2S. The molecule has 1 aromatic heterocycles. The van der Waals surface area contributed by atoms with Crippen molar-refractivity contribution < 1.29 is 9.53 Å². The van der Waals surface area contributed by atoms with Gasteiger partial charge in [-0.25, -0.2) is 4.68 Å². The number of ether oxygens (including phenoxy) is 1. The summed E-state index contributed by atoms with van der Waals surface area (Å²) >= 11 is 1.95. The molecule has 0 N–H and O–H groups in total. The number of fused-ring (bicyclic) bond motifs is 3. The quantitative estimate of drug-likeness (QED) is 0.858. The Hall–Kier alpha value is -1.69. The van der Waals surface area contributed by atoms with E-state index in [0.717, 1.165) is 48.0 Å². The van der Waals surface area contributed by atoms with Crippen LogP contribution in [0.3, 0.4) is 0 Å². The predicted molar refractivity (Wildman–Crippen MR) is 96.8 cm³/mol. The van der Waals surface area contributed by atoms with Gasteiger partial charge in [-0.15, -0.1) is 0 Å². The Morgan fingerprint density at radius 1 is 1.29 bits per heavy atom. The number of carbonyl (C=O) groups excluding carboxylic acids is 1. The molecule has 24 heavy (non-hydrogen) atoms. The lowest BCUT2D eigenvalue weighted by Crippen LogP contribution is -2.47. The number of aromatic nitrogens is 2. The van der Waals surface area contributed by atoms with Crippen LogP contribution < -0.4 is 4.74 Å². The molecule has 2 aliphatic heterocycles. The van der Waals surface area contributed by atoms with Gasteiger partial charge in [-0.3, -0.25) is 4.79 Å². The zero-order chi connectivity index (χ0) is 16.8. The molecule has 0 unspecified atom stereocenters. The molecule has 1 aromatic carbocycles. The first-order chi connectivity index (χ1) is 11.6. The molecule has 128 valence electrons. The Bertz CT molecular complexity index is 774. The molecule has 2 bridgehead atoms. The minimum atomic E-state index is 0.161. The van der Waals surface area contributed by atoms with Crippen LogP contribution in [0, 0.1) is 0 Å². The van der Waals surface area contributed by atoms with E-state index < -0.39 is 0 Å². The van der Waals surface area contributed by atoms with Crippen LogP contribution in [0.2, 0.25) is 0 Å². The van der Waals surface area contributed by atoms with Crippen molar-refractivity contribution in [3.8, 4) is 5.88 Å². The van der Waals surface area contributed by atoms with E-state index in [2.05, 4.69) is 16.3 Å². The van der Waals surface area contributed by atoms with Gasteiger partial charge in [-0.1, -0.05) is 0 Å². The first kappa shape index (κ1) is 15.8. The molecular weight excluding hydrogens is 322 g/mol. The fourth-order valence-corrected chi connectivity index (χ4v) is 5.18. The van der Waals surface area contributed by atoms with E-state index in [4.69, 9.17) is 4.74 Å². The molecule has 2 aromatic rings. The smallest absolute Gasteiger partial charge is 0.254 e. The number of nitrogens with zero attached hydrogens (tertiary/aromatic N) is 3. The molecule has 6 heteroatoms. The van der Waals surface area contributed by atoms with E-state index in [1.807, 2.05) is 37.0 Å². The highest BCUT2D eigenvalue weighted by Crippen LogP contribution is 2.40. The molecule has 0 saturated carbocycles. The van der Waals surface area contributed by atoms with E-state index in [9.17, 15) is 4.79 Å². The first-order valence-corrected chi connectivity index (χ1v) is 9.77. The number of carbonyl (C=O) groups is 1. The minimum Gasteiger partial charge on any atom is -0.481 e. The molecule has 2 aliphatic rings. The van der Waals surface area contributed by atoms with Gasteiger partial charge >= 0.3 is 0 Å². The van der Waals surface area contributed by atoms with Gasteiger partial charge in [0.2, 0.25) is 5.88 Å². The molecule has 2 saturated heterocycles. The van der Waals surface area contributed by atoms with Crippen LogP contribution in [0.4, 0.5) is 0 Å². The molecule has 0 aliphatic carbocycles. The van der Waals surface area contributed by atoms with Crippen molar-refractivity contribution in [3.05, 3.63) is 23.8 Å². The van der Waals surface area contributed by atoms with Crippen LogP contribution in [-0.4, -0.2) is 51.3 Å². The maximum Gasteiger partial charge on any atom is 0.254 e. The number of hydrogen-bond acceptors (Lipinski definition) is 4. The standard InChI is InChI=1S/C18H23N3O2S/c1-20-18(23-2)15-7-4-11(8-16(15)19-20)17(22)21-12-5-6-13(21)10-14(9-12)24-3/h4,7-8,12-14H,5-6,9-10H2,1-3H3/t12-,13-/m0/s1. The Morgan fingerprint density at radius 2 is 2.00 bits per heavy atom. The van der Waals surface area contributed by atoms with Gasteiger partial charge in [0.25, 0.3) is 5.91 Å². The second kappa shape index (κ2) is 5.99. The Kier molecular flexibility index (Phi) is 3.95. The maximum absolute atomic E-state index is 13.1. The third-order valence-corrected chi connectivity index (χ3v) is 6.53. The number of amides is 1. The van der Waals surface area contributed by atoms with Crippen LogP contribution in [0.25, 0.3) is 10.9 Å². The number of rotatable bonds is 3. The van der Waals surface area contributed by atoms with Crippen LogP contribution >= 0.6 is 11.8 Å². The number of thioether (sulfide) groups is 1. The van der Waals surface area contributed by atoms with E-state index in [1.165, 1.54) is 0 Å². The monoisotopic (exact) mass is 345 g/mol. The van der Waals surface area contributed by atoms with Gasteiger partial charge in [0, 0.05) is 29.9 Å². The number of benzene rings is 1. The second-order valence-corrected chi connectivity index (χ2v) is 7.93. The van der Waals surface area contributed by atoms with Gasteiger partial charge < -0.3 is 9.64 Å². The molecule has 1 amide bonds. The fourth-order valence-electron chi connectivity index (χ4n) is 4.35. The number of aryl methyl sites for hydroxylation is 1. The second-order valence-electron chi connectivity index (χ2n) is 6.79. The van der Waals surface area contributed by atoms with Crippen molar-refractivity contribution in [1.29, 1.82) is 0 Å². The zero-order valence-electron chi connectivity index (χ0n) is 14.4. The summed E-state index contributed by atoms with van der Waals surface area (Å²) in [5.41, 5.74) is 1.55. The van der Waals surface area contributed by atoms with Crippen molar-refractivity contribution in [2.24, 2.45) is 7.05 Å². The van der Waals surface area contributed by atoms with Crippen molar-refractivity contribution in [2.75, 3.05) is 13.4 Å². The molecule has 2 atom stereocenters. The van der Waals surface area contributed by atoms with Gasteiger partial charge in [-0.2, -0.15) is 16.9 Å². The van der Waals surface area contributed by atoms with Crippen molar-refractivity contribution in [3.63, 3.8) is 0 Å². The lowest BCUT2D eigenvalue weighted by molar-refractivity contribution is 0.0602. The third-order valence-electron chi connectivity index (χ3n) is 5.48. The number of piperidine rings is 1. The Morgan fingerprint density at radius 3 is 2.62 bits per heavy atom. The van der Waals surface area contributed by atoms with Crippen LogP contribution in [-0.2, 0) is 7.05 Å². The Balaban J connectivity index is 1.64. The predicted octanol–water partition coefficient (Wildman–Crippen LogP) is 3.08. The summed E-state index contributed by atoms with van der Waals surface area (Å²) in [6.45, 7) is 0. The maximum atomic E-state index is 13.1. The Labute approximate surface area is 146 Å². The van der Waals surface area contributed by atoms with Gasteiger partial charge in [0.15, 0.2) is 0 Å². The zero-order valence-corrected chi connectivity index (χ0v) is 15.2. The molecule has 5 nitrogen and oxygen atoms in total. The SMILES string of the molecule is COc1c2ccc(C(=O)N3[C@H]4CC[C@H]3CC(SC)C4)cc2nn1C. The fraction of sp³-hybridized carbons (Fsp3) is 0.556. The van der Waals surface area contributed by atoms with E-state index >= 15 is 0 Å². The van der Waals surface area contributed by atoms with Crippen LogP contribution in [0.1, 0.15) is 36.0 Å². The summed E-state index contributed by atoms with van der Waals surface area (Å²) in [6.07, 6.45) is 6.73. The third kappa shape index (κ3) is 2.39. The summed E-state index contributed by atoms with van der Waals surface area (Å²) in [6, 6.07) is 6.57. The average Bonchev–Trinajstić information content (AvgIpc) is 3.05. The summed E-state index contributed by atoms with van der Waals surface area (Å²) in [5, 5.41) is 6.12. The minimum absolute atomic E-state index is 0.161. The summed E-state index contributed by atoms with van der Waals surface area (Å²) in [7, 11) is 3.50. The highest BCUT2D eigenvalue weighted by Gasteiger charge is 2.43. The van der Waals surface area contributed by atoms with Gasteiger partial charge in [-0.05, 0) is 50.1 Å². The van der Waals surface area contributed by atoms with Crippen LogP contribution in [0.5, 0.6) is 5.88 Å². The normalized spacial score (nSPS) is 26.1. The molecule has 0 radical (unpaired) electrons. The largest absolute Gasteiger partial charge is 0.481 e. The lowest BCUT2D eigenvalue weighted by Gasteiger charge is -2.38. The van der Waals surface area contributed by atoms with Gasteiger partial charge in [0.1, 0.15) is 0 Å². The lowest BCUT2D eigenvalue weighted by atomic mass is 10.0. The average molecular weight is 345 g/mol. The summed E-state index contributed by atoms with van der Waals surface area (Å²) < 4.78 is 7.10. The van der Waals surface area contributed by atoms with E-state index in [-0.39, 0.29) is 5.91 Å². The summed E-state index contributed by atoms with van der Waals surface area (Å²) in [5.74, 6) is 0.887. The van der Waals surface area contributed by atoms with E-state index in [1.54, 1.807) is 11.8 Å². The number of methoxy groups -OCH3 is 1. The topological polar surface area (TPSA) is 47.4 Å². The van der Waals surface area contributed by atoms with Gasteiger partial charge in [0.05, 0.1) is 18.0 Å². The highest BCUT2D eigenvalue weighted by atomic mass is 32.2. The van der Waals surface area contributed by atoms with Crippen molar-refractivity contribution in [2.45, 2.75) is 43.0 Å². The number of hydrogen-bond donors (Lipinski definition) is 0. The van der Waals surface area contributed by atoms with Crippen molar-refractivity contribution >= 4 is 28.6 Å².